The van der Waals surface area contributed by atoms with Crippen molar-refractivity contribution in [3.05, 3.63) is 70.3 Å². The molecule has 0 saturated carbocycles. The molecule has 0 spiro atoms. The van der Waals surface area contributed by atoms with E-state index in [-0.39, 0.29) is 29.0 Å². The first-order valence-corrected chi connectivity index (χ1v) is 8.61. The lowest BCUT2D eigenvalue weighted by Crippen LogP contribution is -2.31. The Bertz CT molecular complexity index is 900. The zero-order valence-corrected chi connectivity index (χ0v) is 14.6. The van der Waals surface area contributed by atoms with Crippen molar-refractivity contribution in [2.75, 3.05) is 0 Å². The minimum absolute atomic E-state index is 0.0930. The smallest absolute Gasteiger partial charge is 0.336 e. The van der Waals surface area contributed by atoms with Crippen LogP contribution in [0.2, 0.25) is 0 Å². The summed E-state index contributed by atoms with van der Waals surface area (Å²) in [5, 5.41) is 9.51. The van der Waals surface area contributed by atoms with Crippen LogP contribution in [0.1, 0.15) is 76.7 Å². The molecule has 0 radical (unpaired) electrons. The van der Waals surface area contributed by atoms with Gasteiger partial charge in [-0.1, -0.05) is 50.2 Å². The quantitative estimate of drug-likeness (QED) is 0.844. The number of aromatic carboxylic acids is 1. The molecule has 2 atom stereocenters. The first-order valence-electron chi connectivity index (χ1n) is 8.61. The molecule has 0 saturated heterocycles. The minimum Gasteiger partial charge on any atom is -0.478 e. The maximum Gasteiger partial charge on any atom is 0.336 e. The Kier molecular flexibility index (Phi) is 3.29. The molecule has 1 amide bonds. The third-order valence-corrected chi connectivity index (χ3v) is 5.73. The van der Waals surface area contributed by atoms with E-state index < -0.39 is 5.97 Å². The molecule has 0 fully saturated rings. The van der Waals surface area contributed by atoms with Crippen molar-refractivity contribution in [2.24, 2.45) is 0 Å². The lowest BCUT2D eigenvalue weighted by atomic mass is 9.76. The van der Waals surface area contributed by atoms with Crippen molar-refractivity contribution in [3.63, 3.8) is 0 Å². The molecule has 2 aliphatic rings. The number of carbonyl (C=O) groups excluding carboxylic acids is 1. The highest BCUT2D eigenvalue weighted by atomic mass is 16.4. The zero-order chi connectivity index (χ0) is 17.9. The van der Waals surface area contributed by atoms with Gasteiger partial charge in [0.1, 0.15) is 0 Å². The maximum absolute atomic E-state index is 13.2. The third kappa shape index (κ3) is 2.13. The van der Waals surface area contributed by atoms with Gasteiger partial charge in [0.15, 0.2) is 0 Å². The number of hydrogen-bond donors (Lipinski definition) is 1. The fourth-order valence-corrected chi connectivity index (χ4v) is 4.56. The van der Waals surface area contributed by atoms with Gasteiger partial charge >= 0.3 is 5.97 Å². The summed E-state index contributed by atoms with van der Waals surface area (Å²) in [7, 11) is 0. The molecule has 0 aromatic heterocycles. The van der Waals surface area contributed by atoms with E-state index in [0.29, 0.717) is 5.56 Å². The summed E-state index contributed by atoms with van der Waals surface area (Å²) < 4.78 is 0. The predicted octanol–water partition coefficient (Wildman–Crippen LogP) is 4.32. The van der Waals surface area contributed by atoms with Crippen LogP contribution in [0.25, 0.3) is 0 Å². The second-order valence-corrected chi connectivity index (χ2v) is 7.65. The molecule has 0 bridgehead atoms. The van der Waals surface area contributed by atoms with Gasteiger partial charge in [-0.25, -0.2) is 4.79 Å². The lowest BCUT2D eigenvalue weighted by molar-refractivity contribution is 0.0615. The molecule has 0 unspecified atom stereocenters. The zero-order valence-electron chi connectivity index (χ0n) is 14.6. The highest BCUT2D eigenvalue weighted by molar-refractivity contribution is 6.08. The number of hydrogen-bond acceptors (Lipinski definition) is 2. The molecule has 25 heavy (non-hydrogen) atoms. The van der Waals surface area contributed by atoms with Gasteiger partial charge in [-0.2, -0.15) is 0 Å². The first-order chi connectivity index (χ1) is 11.8. The van der Waals surface area contributed by atoms with Crippen molar-refractivity contribution in [3.8, 4) is 0 Å². The Morgan fingerprint density at radius 2 is 1.80 bits per heavy atom. The number of benzene rings is 2. The molecule has 2 aliphatic heterocycles. The van der Waals surface area contributed by atoms with E-state index in [2.05, 4.69) is 26.0 Å². The average molecular weight is 335 g/mol. The van der Waals surface area contributed by atoms with Gasteiger partial charge in [-0.05, 0) is 41.5 Å². The fourth-order valence-electron chi connectivity index (χ4n) is 4.56. The minimum atomic E-state index is -1.05. The normalized spacial score (nSPS) is 23.5. The fraction of sp³-hybridized carbons (Fsp3) is 0.333. The maximum atomic E-state index is 13.2. The van der Waals surface area contributed by atoms with Gasteiger partial charge in [0.05, 0.1) is 23.2 Å². The number of rotatable bonds is 1. The number of amides is 1. The van der Waals surface area contributed by atoms with E-state index in [1.807, 2.05) is 30.0 Å². The molecule has 4 heteroatoms. The highest BCUT2D eigenvalue weighted by Gasteiger charge is 2.47. The summed E-state index contributed by atoms with van der Waals surface area (Å²) in [5.41, 5.74) is 3.62. The second kappa shape index (κ2) is 5.19. The number of nitrogens with zero attached hydrogens (tertiary/aromatic N) is 1. The van der Waals surface area contributed by atoms with Gasteiger partial charge < -0.3 is 10.0 Å². The van der Waals surface area contributed by atoms with E-state index in [1.165, 1.54) is 11.6 Å². The standard InChI is InChI=1S/C21H21NO3/c1-12-13-7-4-5-10-16(13)21(2,3)11-17-14-8-6-9-15(20(24)25)18(14)19(23)22(12)17/h4-10,12,17H,11H2,1-3H3,(H,24,25)/t12-,17+/m1/s1. The van der Waals surface area contributed by atoms with Gasteiger partial charge in [0.2, 0.25) is 0 Å². The summed E-state index contributed by atoms with van der Waals surface area (Å²) in [6.45, 7) is 6.44. The topological polar surface area (TPSA) is 57.6 Å². The van der Waals surface area contributed by atoms with Gasteiger partial charge in [-0.3, -0.25) is 4.79 Å². The molecule has 2 aromatic rings. The SMILES string of the molecule is C[C@@H]1c2ccccc2C(C)(C)C[C@H]2c3cccc(C(=O)O)c3C(=O)N12. The van der Waals surface area contributed by atoms with Crippen molar-refractivity contribution < 1.29 is 14.7 Å². The van der Waals surface area contributed by atoms with Crippen molar-refractivity contribution >= 4 is 11.9 Å². The summed E-state index contributed by atoms with van der Waals surface area (Å²) in [6.07, 6.45) is 0.774. The first kappa shape index (κ1) is 15.9. The number of carboxylic acids is 1. The average Bonchev–Trinajstić information content (AvgIpc) is 2.81. The van der Waals surface area contributed by atoms with E-state index in [9.17, 15) is 14.7 Å². The molecular formula is C21H21NO3. The Labute approximate surface area is 147 Å². The second-order valence-electron chi connectivity index (χ2n) is 7.65. The largest absolute Gasteiger partial charge is 0.478 e. The monoisotopic (exact) mass is 335 g/mol. The van der Waals surface area contributed by atoms with Crippen LogP contribution in [0.5, 0.6) is 0 Å². The predicted molar refractivity (Wildman–Crippen MR) is 94.8 cm³/mol. The lowest BCUT2D eigenvalue weighted by Gasteiger charge is -2.31. The Morgan fingerprint density at radius 3 is 2.52 bits per heavy atom. The van der Waals surface area contributed by atoms with Crippen molar-refractivity contribution in [1.82, 2.24) is 4.90 Å². The van der Waals surface area contributed by atoms with Crippen LogP contribution in [0.3, 0.4) is 0 Å². The molecule has 1 N–H and O–H groups in total. The van der Waals surface area contributed by atoms with Crippen LogP contribution in [0.15, 0.2) is 42.5 Å². The van der Waals surface area contributed by atoms with Crippen molar-refractivity contribution in [1.29, 1.82) is 0 Å². The summed E-state index contributed by atoms with van der Waals surface area (Å²) in [6, 6.07) is 13.3. The molecule has 2 heterocycles. The van der Waals surface area contributed by atoms with E-state index in [0.717, 1.165) is 17.5 Å². The molecule has 4 nitrogen and oxygen atoms in total. The Hall–Kier alpha value is -2.62. The molecular weight excluding hydrogens is 314 g/mol. The highest BCUT2D eigenvalue weighted by Crippen LogP contribution is 2.51. The molecule has 4 rings (SSSR count). The van der Waals surface area contributed by atoms with Crippen molar-refractivity contribution in [2.45, 2.75) is 44.7 Å². The molecule has 2 aromatic carbocycles. The van der Waals surface area contributed by atoms with E-state index in [1.54, 1.807) is 6.07 Å². The number of carbonyl (C=O) groups is 2. The third-order valence-electron chi connectivity index (χ3n) is 5.73. The van der Waals surface area contributed by atoms with Gasteiger partial charge in [-0.15, -0.1) is 0 Å². The summed E-state index contributed by atoms with van der Waals surface area (Å²) >= 11 is 0. The Morgan fingerprint density at radius 1 is 1.12 bits per heavy atom. The van der Waals surface area contributed by atoms with E-state index >= 15 is 0 Å². The number of carboxylic acid groups (broad SMARTS) is 1. The van der Waals surface area contributed by atoms with Crippen LogP contribution in [0.4, 0.5) is 0 Å². The molecule has 128 valence electrons. The summed E-state index contributed by atoms with van der Waals surface area (Å²) in [4.78, 5) is 26.7. The van der Waals surface area contributed by atoms with Crippen LogP contribution in [-0.4, -0.2) is 21.9 Å². The van der Waals surface area contributed by atoms with Crippen LogP contribution in [-0.2, 0) is 5.41 Å². The summed E-state index contributed by atoms with van der Waals surface area (Å²) in [5.74, 6) is -1.21. The van der Waals surface area contributed by atoms with Crippen LogP contribution >= 0.6 is 0 Å². The van der Waals surface area contributed by atoms with E-state index in [4.69, 9.17) is 0 Å². The van der Waals surface area contributed by atoms with Gasteiger partial charge in [0, 0.05) is 0 Å². The molecule has 0 aliphatic carbocycles. The van der Waals surface area contributed by atoms with Crippen LogP contribution in [0, 0.1) is 0 Å². The van der Waals surface area contributed by atoms with Crippen LogP contribution < -0.4 is 0 Å². The van der Waals surface area contributed by atoms with Gasteiger partial charge in [0.25, 0.3) is 5.91 Å². The Balaban J connectivity index is 1.94. The number of fused-ring (bicyclic) bond motifs is 4.